The molecule has 0 radical (unpaired) electrons. The van der Waals surface area contributed by atoms with E-state index < -0.39 is 54.8 Å². The van der Waals surface area contributed by atoms with Gasteiger partial charge in [-0.2, -0.15) is 0 Å². The molecule has 8 N–H and O–H groups in total. The summed E-state index contributed by atoms with van der Waals surface area (Å²) in [7, 11) is 0. The number of aromatic amines is 1. The lowest BCUT2D eigenvalue weighted by Gasteiger charge is -2.18. The van der Waals surface area contributed by atoms with E-state index in [0.29, 0.717) is 5.69 Å². The van der Waals surface area contributed by atoms with Gasteiger partial charge in [0.1, 0.15) is 12.1 Å². The molecule has 28 heavy (non-hydrogen) atoms. The van der Waals surface area contributed by atoms with Crippen LogP contribution in [0.2, 0.25) is 0 Å². The number of H-pyrrole nitrogens is 1. The third-order valence-electron chi connectivity index (χ3n) is 3.52. The van der Waals surface area contributed by atoms with Crippen LogP contribution < -0.4 is 21.7 Å². The van der Waals surface area contributed by atoms with E-state index >= 15 is 0 Å². The van der Waals surface area contributed by atoms with Crippen LogP contribution in [0.5, 0.6) is 0 Å². The summed E-state index contributed by atoms with van der Waals surface area (Å²) in [5.74, 6) is -4.67. The third-order valence-corrected chi connectivity index (χ3v) is 3.52. The number of amides is 3. The van der Waals surface area contributed by atoms with Gasteiger partial charge in [0.15, 0.2) is 0 Å². The highest BCUT2D eigenvalue weighted by molar-refractivity contribution is 5.92. The summed E-state index contributed by atoms with van der Waals surface area (Å²) in [6.07, 6.45) is 2.15. The number of hydrogen-bond acceptors (Lipinski definition) is 7. The quantitative estimate of drug-likeness (QED) is 0.190. The number of hydrogen-bond donors (Lipinski definition) is 7. The fraction of sp³-hybridized carbons (Fsp3) is 0.467. The average molecular weight is 398 g/mol. The summed E-state index contributed by atoms with van der Waals surface area (Å²) in [5.41, 5.74) is 5.65. The van der Waals surface area contributed by atoms with Crippen molar-refractivity contribution in [2.24, 2.45) is 5.73 Å². The Labute approximate surface area is 159 Å². The first-order valence-corrected chi connectivity index (χ1v) is 8.21. The molecular formula is C15H22N6O7. The molecule has 1 rings (SSSR count). The Bertz CT molecular complexity index is 706. The van der Waals surface area contributed by atoms with Crippen LogP contribution in [0.1, 0.15) is 18.5 Å². The maximum Gasteiger partial charge on any atom is 0.326 e. The fourth-order valence-corrected chi connectivity index (χ4v) is 2.14. The molecule has 13 heteroatoms. The van der Waals surface area contributed by atoms with Gasteiger partial charge in [0.25, 0.3) is 0 Å². The molecule has 0 aliphatic carbocycles. The second-order valence-corrected chi connectivity index (χ2v) is 5.71. The number of aromatic nitrogens is 2. The maximum atomic E-state index is 12.1. The largest absolute Gasteiger partial charge is 0.481 e. The lowest BCUT2D eigenvalue weighted by molar-refractivity contribution is -0.141. The number of carboxylic acids is 2. The zero-order chi connectivity index (χ0) is 21.1. The molecule has 0 saturated carbocycles. The number of carboxylic acid groups (broad SMARTS) is 2. The predicted molar refractivity (Wildman–Crippen MR) is 92.7 cm³/mol. The van der Waals surface area contributed by atoms with Gasteiger partial charge in [0.05, 0.1) is 19.4 Å². The first-order valence-electron chi connectivity index (χ1n) is 8.21. The van der Waals surface area contributed by atoms with Crippen molar-refractivity contribution >= 4 is 29.7 Å². The van der Waals surface area contributed by atoms with E-state index in [1.165, 1.54) is 12.5 Å². The van der Waals surface area contributed by atoms with Gasteiger partial charge in [-0.05, 0) is 6.42 Å². The fourth-order valence-electron chi connectivity index (χ4n) is 2.14. The number of nitrogens with zero attached hydrogens (tertiary/aromatic N) is 1. The number of rotatable bonds is 12. The summed E-state index contributed by atoms with van der Waals surface area (Å²) >= 11 is 0. The first-order chi connectivity index (χ1) is 13.2. The van der Waals surface area contributed by atoms with Gasteiger partial charge >= 0.3 is 11.9 Å². The Morgan fingerprint density at radius 3 is 2.32 bits per heavy atom. The lowest BCUT2D eigenvalue weighted by atomic mass is 10.1. The minimum Gasteiger partial charge on any atom is -0.481 e. The predicted octanol–water partition coefficient (Wildman–Crippen LogP) is -3.05. The third kappa shape index (κ3) is 8.27. The summed E-state index contributed by atoms with van der Waals surface area (Å²) < 4.78 is 0. The van der Waals surface area contributed by atoms with Crippen molar-refractivity contribution in [2.45, 2.75) is 31.3 Å². The normalized spacial score (nSPS) is 12.5. The number of nitrogens with two attached hydrogens (primary N) is 1. The molecule has 2 atom stereocenters. The van der Waals surface area contributed by atoms with Gasteiger partial charge in [0.2, 0.25) is 17.7 Å². The van der Waals surface area contributed by atoms with Crippen LogP contribution >= 0.6 is 0 Å². The minimum absolute atomic E-state index is 0.0389. The molecule has 1 heterocycles. The van der Waals surface area contributed by atoms with Crippen LogP contribution in [0, 0.1) is 0 Å². The van der Waals surface area contributed by atoms with Gasteiger partial charge in [-0.1, -0.05) is 0 Å². The molecule has 0 spiro atoms. The Kier molecular flexibility index (Phi) is 9.09. The second-order valence-electron chi connectivity index (χ2n) is 5.71. The highest BCUT2D eigenvalue weighted by atomic mass is 16.4. The Hall–Kier alpha value is -3.48. The van der Waals surface area contributed by atoms with Crippen molar-refractivity contribution in [1.82, 2.24) is 25.9 Å². The molecule has 154 valence electrons. The number of aliphatic carboxylic acids is 2. The van der Waals surface area contributed by atoms with E-state index in [9.17, 15) is 29.1 Å². The van der Waals surface area contributed by atoms with Crippen LogP contribution in [0.4, 0.5) is 0 Å². The van der Waals surface area contributed by atoms with Crippen molar-refractivity contribution in [1.29, 1.82) is 0 Å². The molecule has 13 nitrogen and oxygen atoms in total. The van der Waals surface area contributed by atoms with Crippen molar-refractivity contribution in [2.75, 3.05) is 13.1 Å². The van der Waals surface area contributed by atoms with Crippen LogP contribution in [0.3, 0.4) is 0 Å². The SMILES string of the molecule is NCC(=O)NC(CCC(=O)O)C(=O)NCC(=O)NC(Cc1cnc[nH]1)C(=O)O. The van der Waals surface area contributed by atoms with Gasteiger partial charge in [-0.15, -0.1) is 0 Å². The van der Waals surface area contributed by atoms with E-state index in [1.54, 1.807) is 0 Å². The van der Waals surface area contributed by atoms with Crippen LogP contribution in [-0.2, 0) is 30.4 Å². The number of carbonyl (C=O) groups is 5. The molecule has 0 bridgehead atoms. The number of imidazole rings is 1. The Morgan fingerprint density at radius 1 is 1.11 bits per heavy atom. The summed E-state index contributed by atoms with van der Waals surface area (Å²) in [6, 6.07) is -2.44. The number of nitrogens with one attached hydrogen (secondary N) is 4. The van der Waals surface area contributed by atoms with E-state index in [2.05, 4.69) is 25.9 Å². The van der Waals surface area contributed by atoms with Crippen molar-refractivity contribution in [3.8, 4) is 0 Å². The van der Waals surface area contributed by atoms with Gasteiger partial charge in [-0.25, -0.2) is 9.78 Å². The van der Waals surface area contributed by atoms with Crippen LogP contribution in [-0.4, -0.2) is 75.0 Å². The molecule has 0 aliphatic rings. The molecular weight excluding hydrogens is 376 g/mol. The van der Waals surface area contributed by atoms with Crippen molar-refractivity contribution in [3.05, 3.63) is 18.2 Å². The topological polar surface area (TPSA) is 217 Å². The summed E-state index contributed by atoms with van der Waals surface area (Å²) in [5, 5.41) is 24.6. The van der Waals surface area contributed by atoms with E-state index in [1.807, 2.05) is 0 Å². The van der Waals surface area contributed by atoms with Crippen molar-refractivity contribution in [3.63, 3.8) is 0 Å². The molecule has 2 unspecified atom stereocenters. The van der Waals surface area contributed by atoms with Crippen LogP contribution in [0.25, 0.3) is 0 Å². The summed E-state index contributed by atoms with van der Waals surface area (Å²) in [4.78, 5) is 63.8. The minimum atomic E-state index is -1.27. The average Bonchev–Trinajstić information content (AvgIpc) is 3.15. The molecule has 1 aromatic heterocycles. The van der Waals surface area contributed by atoms with E-state index in [-0.39, 0.29) is 19.3 Å². The maximum absolute atomic E-state index is 12.1. The lowest BCUT2D eigenvalue weighted by Crippen LogP contribution is -2.52. The Balaban J connectivity index is 2.58. The molecule has 0 fully saturated rings. The highest BCUT2D eigenvalue weighted by Gasteiger charge is 2.24. The monoisotopic (exact) mass is 398 g/mol. The van der Waals surface area contributed by atoms with Crippen LogP contribution in [0.15, 0.2) is 12.5 Å². The van der Waals surface area contributed by atoms with Gasteiger partial charge < -0.3 is 36.9 Å². The van der Waals surface area contributed by atoms with Gasteiger partial charge in [-0.3, -0.25) is 19.2 Å². The first kappa shape index (κ1) is 22.6. The molecule has 3 amide bonds. The van der Waals surface area contributed by atoms with E-state index in [0.717, 1.165) is 0 Å². The molecule has 0 saturated heterocycles. The molecule has 0 aromatic carbocycles. The van der Waals surface area contributed by atoms with E-state index in [4.69, 9.17) is 10.8 Å². The zero-order valence-corrected chi connectivity index (χ0v) is 14.8. The zero-order valence-electron chi connectivity index (χ0n) is 14.8. The van der Waals surface area contributed by atoms with Crippen molar-refractivity contribution < 1.29 is 34.2 Å². The Morgan fingerprint density at radius 2 is 1.79 bits per heavy atom. The smallest absolute Gasteiger partial charge is 0.326 e. The van der Waals surface area contributed by atoms with Gasteiger partial charge in [0, 0.05) is 24.7 Å². The second kappa shape index (κ2) is 11.3. The number of carbonyl (C=O) groups excluding carboxylic acids is 3. The summed E-state index contributed by atoms with van der Waals surface area (Å²) in [6.45, 7) is -0.959. The highest BCUT2D eigenvalue weighted by Crippen LogP contribution is 2.00. The molecule has 1 aromatic rings. The molecule has 0 aliphatic heterocycles. The standard InChI is InChI=1S/C15H22N6O7/c16-4-11(22)20-9(1-2-13(24)25)14(26)18-6-12(23)21-10(15(27)28)3-8-5-17-7-19-8/h5,7,9-10H,1-4,6,16H2,(H,17,19)(H,18,26)(H,20,22)(H,21,23)(H,24,25)(H,27,28).